The fraction of sp³-hybridized carbons (Fsp3) is 0.174. The van der Waals surface area contributed by atoms with E-state index in [4.69, 9.17) is 4.52 Å². The third-order valence-corrected chi connectivity index (χ3v) is 5.30. The lowest BCUT2D eigenvalue weighted by atomic mass is 10.1. The van der Waals surface area contributed by atoms with Crippen molar-refractivity contribution < 1.29 is 14.1 Å². The predicted molar refractivity (Wildman–Crippen MR) is 114 cm³/mol. The average Bonchev–Trinajstić information content (AvgIpc) is 3.30. The van der Waals surface area contributed by atoms with Crippen molar-refractivity contribution in [3.63, 3.8) is 0 Å². The van der Waals surface area contributed by atoms with Crippen LogP contribution in [0.2, 0.25) is 0 Å². The second-order valence-electron chi connectivity index (χ2n) is 7.46. The molecule has 7 heteroatoms. The molecular formula is C23H20N4O3. The average molecular weight is 400 g/mol. The molecule has 0 saturated carbocycles. The van der Waals surface area contributed by atoms with Crippen LogP contribution in [0, 0.1) is 6.92 Å². The fourth-order valence-corrected chi connectivity index (χ4v) is 3.81. The minimum atomic E-state index is -0.294. The minimum absolute atomic E-state index is 0.0833. The van der Waals surface area contributed by atoms with Crippen molar-refractivity contribution in [2.24, 2.45) is 0 Å². The Labute approximate surface area is 172 Å². The van der Waals surface area contributed by atoms with Crippen LogP contribution in [0.5, 0.6) is 0 Å². The highest BCUT2D eigenvalue weighted by atomic mass is 16.5. The summed E-state index contributed by atoms with van der Waals surface area (Å²) in [6.07, 6.45) is 0.846. The molecule has 0 atom stereocenters. The molecule has 2 amide bonds. The lowest BCUT2D eigenvalue weighted by Crippen LogP contribution is -2.22. The number of anilines is 1. The maximum Gasteiger partial charge on any atom is 0.267 e. The van der Waals surface area contributed by atoms with Crippen LogP contribution in [0.4, 0.5) is 5.88 Å². The molecule has 0 unspecified atom stereocenters. The summed E-state index contributed by atoms with van der Waals surface area (Å²) in [4.78, 5) is 25.0. The first-order chi connectivity index (χ1) is 14.6. The topological polar surface area (TPSA) is 89.2 Å². The van der Waals surface area contributed by atoms with Gasteiger partial charge in [-0.05, 0) is 37.6 Å². The maximum atomic E-state index is 12.8. The van der Waals surface area contributed by atoms with E-state index in [0.29, 0.717) is 23.5 Å². The molecule has 0 radical (unpaired) electrons. The van der Waals surface area contributed by atoms with Gasteiger partial charge >= 0.3 is 0 Å². The largest absolute Gasteiger partial charge is 0.351 e. The number of benzene rings is 2. The summed E-state index contributed by atoms with van der Waals surface area (Å²) >= 11 is 0. The normalized spacial score (nSPS) is 13.6. The first kappa shape index (κ1) is 18.2. The summed E-state index contributed by atoms with van der Waals surface area (Å²) in [6.45, 7) is 3.38. The SMILES string of the molecule is Cc1cccc(-c2cc(NC(=O)c3ccc4cc5n(c4c3)CCCNC5=O)on2)c1. The van der Waals surface area contributed by atoms with E-state index in [1.807, 2.05) is 54.0 Å². The number of rotatable bonds is 3. The Morgan fingerprint density at radius 3 is 2.93 bits per heavy atom. The van der Waals surface area contributed by atoms with Crippen LogP contribution >= 0.6 is 0 Å². The molecule has 2 aromatic carbocycles. The molecule has 1 aliphatic heterocycles. The van der Waals surface area contributed by atoms with Gasteiger partial charge < -0.3 is 14.4 Å². The van der Waals surface area contributed by atoms with Crippen LogP contribution in [-0.2, 0) is 6.54 Å². The number of carbonyl (C=O) groups excluding carboxylic acids is 2. The zero-order valence-electron chi connectivity index (χ0n) is 16.4. The van der Waals surface area contributed by atoms with Crippen LogP contribution in [0.15, 0.2) is 59.1 Å². The lowest BCUT2D eigenvalue weighted by molar-refractivity contribution is 0.0950. The maximum absolute atomic E-state index is 12.8. The van der Waals surface area contributed by atoms with Gasteiger partial charge in [0.2, 0.25) is 5.88 Å². The van der Waals surface area contributed by atoms with Crippen LogP contribution in [0.1, 0.15) is 32.8 Å². The second-order valence-corrected chi connectivity index (χ2v) is 7.46. The fourth-order valence-electron chi connectivity index (χ4n) is 3.81. The Morgan fingerprint density at radius 2 is 2.07 bits per heavy atom. The van der Waals surface area contributed by atoms with Crippen molar-refractivity contribution in [2.75, 3.05) is 11.9 Å². The van der Waals surface area contributed by atoms with Gasteiger partial charge in [0.1, 0.15) is 11.4 Å². The molecule has 0 saturated heterocycles. The van der Waals surface area contributed by atoms with Gasteiger partial charge in [0, 0.05) is 41.2 Å². The number of fused-ring (bicyclic) bond motifs is 3. The Bertz CT molecular complexity index is 1280. The second kappa shape index (κ2) is 7.18. The van der Waals surface area contributed by atoms with Crippen LogP contribution < -0.4 is 10.6 Å². The highest BCUT2D eigenvalue weighted by molar-refractivity contribution is 6.07. The number of aryl methyl sites for hydroxylation is 2. The van der Waals surface area contributed by atoms with Crippen molar-refractivity contribution >= 4 is 28.6 Å². The third-order valence-electron chi connectivity index (χ3n) is 5.30. The van der Waals surface area contributed by atoms with Gasteiger partial charge in [-0.3, -0.25) is 14.9 Å². The number of nitrogens with one attached hydrogen (secondary N) is 2. The van der Waals surface area contributed by atoms with Gasteiger partial charge in [0.15, 0.2) is 0 Å². The Hall–Kier alpha value is -3.87. The number of hydrogen-bond acceptors (Lipinski definition) is 4. The molecule has 150 valence electrons. The van der Waals surface area contributed by atoms with Crippen molar-refractivity contribution in [1.82, 2.24) is 15.0 Å². The summed E-state index contributed by atoms with van der Waals surface area (Å²) in [5.41, 5.74) is 4.68. The zero-order valence-corrected chi connectivity index (χ0v) is 16.4. The standard InChI is InChI=1S/C23H20N4O3/c1-14-4-2-5-15(10-14)18-13-21(30-26-18)25-22(28)17-7-6-16-11-20-23(29)24-8-3-9-27(20)19(16)12-17/h2,4-7,10-13H,3,8-9H2,1H3,(H,24,29)(H,25,28). The molecule has 0 spiro atoms. The summed E-state index contributed by atoms with van der Waals surface area (Å²) < 4.78 is 7.28. The van der Waals surface area contributed by atoms with E-state index in [9.17, 15) is 9.59 Å². The summed E-state index contributed by atoms with van der Waals surface area (Å²) in [5, 5.41) is 10.6. The molecule has 2 aromatic heterocycles. The molecule has 4 aromatic rings. The molecule has 30 heavy (non-hydrogen) atoms. The summed E-state index contributed by atoms with van der Waals surface area (Å²) in [5.74, 6) is -0.0949. The number of nitrogens with zero attached hydrogens (tertiary/aromatic N) is 2. The van der Waals surface area contributed by atoms with Gasteiger partial charge in [0.05, 0.1) is 0 Å². The highest BCUT2D eigenvalue weighted by Gasteiger charge is 2.19. The lowest BCUT2D eigenvalue weighted by Gasteiger charge is -2.06. The molecule has 7 nitrogen and oxygen atoms in total. The summed E-state index contributed by atoms with van der Waals surface area (Å²) in [7, 11) is 0. The Morgan fingerprint density at radius 1 is 1.17 bits per heavy atom. The van der Waals surface area contributed by atoms with E-state index in [0.717, 1.165) is 35.0 Å². The van der Waals surface area contributed by atoms with Crippen LogP contribution in [0.25, 0.3) is 22.2 Å². The van der Waals surface area contributed by atoms with E-state index >= 15 is 0 Å². The zero-order chi connectivity index (χ0) is 20.7. The van der Waals surface area contributed by atoms with Gasteiger partial charge in [-0.15, -0.1) is 0 Å². The van der Waals surface area contributed by atoms with Gasteiger partial charge in [-0.2, -0.15) is 0 Å². The predicted octanol–water partition coefficient (Wildman–Crippen LogP) is 3.99. The molecule has 5 rings (SSSR count). The van der Waals surface area contributed by atoms with Crippen LogP contribution in [0.3, 0.4) is 0 Å². The molecule has 1 aliphatic rings. The molecule has 0 bridgehead atoms. The van der Waals surface area contributed by atoms with Gasteiger partial charge in [0.25, 0.3) is 11.8 Å². The Balaban J connectivity index is 1.41. The monoisotopic (exact) mass is 400 g/mol. The van der Waals surface area contributed by atoms with Crippen LogP contribution in [-0.4, -0.2) is 28.1 Å². The number of aromatic nitrogens is 2. The van der Waals surface area contributed by atoms with Crippen molar-refractivity contribution in [1.29, 1.82) is 0 Å². The van der Waals surface area contributed by atoms with Gasteiger partial charge in [-0.1, -0.05) is 35.0 Å². The highest BCUT2D eigenvalue weighted by Crippen LogP contribution is 2.25. The number of hydrogen-bond donors (Lipinski definition) is 2. The minimum Gasteiger partial charge on any atom is -0.351 e. The number of carbonyl (C=O) groups is 2. The first-order valence-electron chi connectivity index (χ1n) is 9.85. The summed E-state index contributed by atoms with van der Waals surface area (Å²) in [6, 6.07) is 16.9. The quantitative estimate of drug-likeness (QED) is 0.544. The molecular weight excluding hydrogens is 380 g/mol. The van der Waals surface area contributed by atoms with Gasteiger partial charge in [-0.25, -0.2) is 0 Å². The van der Waals surface area contributed by atoms with Crippen molar-refractivity contribution in [2.45, 2.75) is 19.9 Å². The molecule has 0 aliphatic carbocycles. The first-order valence-corrected chi connectivity index (χ1v) is 9.85. The van der Waals surface area contributed by atoms with E-state index in [-0.39, 0.29) is 17.7 Å². The van der Waals surface area contributed by atoms with E-state index < -0.39 is 0 Å². The van der Waals surface area contributed by atoms with E-state index in [1.54, 1.807) is 12.1 Å². The van der Waals surface area contributed by atoms with Crippen molar-refractivity contribution in [3.8, 4) is 11.3 Å². The Kier molecular flexibility index (Phi) is 4.35. The van der Waals surface area contributed by atoms with E-state index in [2.05, 4.69) is 15.8 Å². The molecule has 3 heterocycles. The third kappa shape index (κ3) is 3.24. The van der Waals surface area contributed by atoms with Crippen molar-refractivity contribution in [3.05, 3.63) is 71.4 Å². The van der Waals surface area contributed by atoms with E-state index in [1.165, 1.54) is 0 Å². The molecule has 0 fully saturated rings. The smallest absolute Gasteiger partial charge is 0.267 e. The number of amides is 2. The molecule has 2 N–H and O–H groups in total.